The molecule has 4 rings (SSSR count). The van der Waals surface area contributed by atoms with Crippen LogP contribution < -0.4 is 15.8 Å². The minimum absolute atomic E-state index is 0.0596. The van der Waals surface area contributed by atoms with Crippen LogP contribution in [0.2, 0.25) is 0 Å². The number of hydrogen-bond acceptors (Lipinski definition) is 5. The van der Waals surface area contributed by atoms with Gasteiger partial charge in [-0.15, -0.1) is 0 Å². The Labute approximate surface area is 169 Å². The van der Waals surface area contributed by atoms with Crippen LogP contribution in [0.25, 0.3) is 10.9 Å². The molecule has 29 heavy (non-hydrogen) atoms. The van der Waals surface area contributed by atoms with Crippen LogP contribution in [0.5, 0.6) is 0 Å². The Kier molecular flexibility index (Phi) is 5.84. The van der Waals surface area contributed by atoms with Gasteiger partial charge in [-0.3, -0.25) is 14.2 Å². The summed E-state index contributed by atoms with van der Waals surface area (Å²) in [5.74, 6) is 0.761. The molecule has 0 unspecified atom stereocenters. The number of carbonyl (C=O) groups excluding carboxylic acids is 1. The van der Waals surface area contributed by atoms with E-state index in [1.165, 1.54) is 36.6 Å². The van der Waals surface area contributed by atoms with Crippen molar-refractivity contribution >= 4 is 22.6 Å². The van der Waals surface area contributed by atoms with Crippen molar-refractivity contribution in [3.63, 3.8) is 0 Å². The van der Waals surface area contributed by atoms with Crippen LogP contribution in [-0.2, 0) is 17.9 Å². The number of para-hydroxylation sites is 1. The Bertz CT molecular complexity index is 1040. The van der Waals surface area contributed by atoms with Gasteiger partial charge < -0.3 is 10.2 Å². The summed E-state index contributed by atoms with van der Waals surface area (Å²) in [6.07, 6.45) is 8.23. The first kappa shape index (κ1) is 19.1. The summed E-state index contributed by atoms with van der Waals surface area (Å²) in [7, 11) is 0. The highest BCUT2D eigenvalue weighted by atomic mass is 16.2. The van der Waals surface area contributed by atoms with Crippen molar-refractivity contribution in [2.75, 3.05) is 18.0 Å². The number of aromatic nitrogens is 3. The molecule has 1 aliphatic rings. The van der Waals surface area contributed by atoms with Crippen LogP contribution in [0.15, 0.2) is 53.7 Å². The molecule has 1 aliphatic heterocycles. The lowest BCUT2D eigenvalue weighted by atomic mass is 10.2. The maximum Gasteiger partial charge on any atom is 0.261 e. The van der Waals surface area contributed by atoms with E-state index >= 15 is 0 Å². The molecule has 1 N–H and O–H groups in total. The predicted octanol–water partition coefficient (Wildman–Crippen LogP) is 2.49. The summed E-state index contributed by atoms with van der Waals surface area (Å²) < 4.78 is 1.33. The number of nitrogens with zero attached hydrogens (tertiary/aromatic N) is 4. The van der Waals surface area contributed by atoms with E-state index in [2.05, 4.69) is 20.2 Å². The summed E-state index contributed by atoms with van der Waals surface area (Å²) in [5.41, 5.74) is 1.35. The van der Waals surface area contributed by atoms with Crippen molar-refractivity contribution in [3.8, 4) is 0 Å². The minimum atomic E-state index is -0.235. The molecule has 7 heteroatoms. The smallest absolute Gasteiger partial charge is 0.261 e. The lowest BCUT2D eigenvalue weighted by molar-refractivity contribution is -0.121. The molecule has 0 radical (unpaired) electrons. The van der Waals surface area contributed by atoms with Gasteiger partial charge in [-0.25, -0.2) is 9.97 Å². The Morgan fingerprint density at radius 1 is 1.00 bits per heavy atom. The number of hydrogen-bond donors (Lipinski definition) is 1. The van der Waals surface area contributed by atoms with E-state index < -0.39 is 0 Å². The normalized spacial score (nSPS) is 14.6. The van der Waals surface area contributed by atoms with Gasteiger partial charge in [0.1, 0.15) is 12.4 Å². The lowest BCUT2D eigenvalue weighted by Gasteiger charge is -2.21. The van der Waals surface area contributed by atoms with Gasteiger partial charge in [0.15, 0.2) is 0 Å². The third-order valence-corrected chi connectivity index (χ3v) is 5.27. The average molecular weight is 391 g/mol. The highest BCUT2D eigenvalue weighted by Crippen LogP contribution is 2.17. The van der Waals surface area contributed by atoms with Crippen LogP contribution in [0.4, 0.5) is 5.82 Å². The predicted molar refractivity (Wildman–Crippen MR) is 113 cm³/mol. The highest BCUT2D eigenvalue weighted by Gasteiger charge is 2.11. The molecule has 0 spiro atoms. The quantitative estimate of drug-likeness (QED) is 0.723. The number of benzene rings is 1. The zero-order chi connectivity index (χ0) is 20.1. The number of anilines is 1. The van der Waals surface area contributed by atoms with Gasteiger partial charge in [0.2, 0.25) is 5.91 Å². The molecular formula is C22H25N5O2. The van der Waals surface area contributed by atoms with Crippen LogP contribution in [-0.4, -0.2) is 33.5 Å². The van der Waals surface area contributed by atoms with E-state index in [1.807, 2.05) is 24.4 Å². The van der Waals surface area contributed by atoms with Gasteiger partial charge >= 0.3 is 0 Å². The van der Waals surface area contributed by atoms with Crippen molar-refractivity contribution in [3.05, 3.63) is 64.8 Å². The van der Waals surface area contributed by atoms with Gasteiger partial charge in [-0.2, -0.15) is 0 Å². The number of pyridine rings is 1. The summed E-state index contributed by atoms with van der Waals surface area (Å²) in [6, 6.07) is 11.1. The zero-order valence-electron chi connectivity index (χ0n) is 16.4. The summed E-state index contributed by atoms with van der Waals surface area (Å²) in [4.78, 5) is 35.9. The second-order valence-corrected chi connectivity index (χ2v) is 7.40. The number of nitrogens with one attached hydrogen (secondary N) is 1. The molecule has 0 atom stereocenters. The van der Waals surface area contributed by atoms with E-state index in [9.17, 15) is 9.59 Å². The Balaban J connectivity index is 1.35. The van der Waals surface area contributed by atoms with Gasteiger partial charge in [-0.05, 0) is 36.6 Å². The monoisotopic (exact) mass is 391 g/mol. The molecule has 150 valence electrons. The van der Waals surface area contributed by atoms with Crippen molar-refractivity contribution in [1.82, 2.24) is 19.9 Å². The first-order chi connectivity index (χ1) is 14.2. The standard InChI is InChI=1S/C22H25N5O2/c28-21(15-27-16-25-19-8-4-3-7-18(19)22(27)29)24-14-17-9-10-20(23-13-17)26-11-5-1-2-6-12-26/h3-4,7-10,13,16H,1-2,5-6,11-12,14-15H2,(H,24,28). The van der Waals surface area contributed by atoms with Gasteiger partial charge in [-0.1, -0.05) is 31.0 Å². The van der Waals surface area contributed by atoms with Crippen LogP contribution >= 0.6 is 0 Å². The van der Waals surface area contributed by atoms with Crippen molar-refractivity contribution in [1.29, 1.82) is 0 Å². The number of rotatable bonds is 5. The molecular weight excluding hydrogens is 366 g/mol. The summed E-state index contributed by atoms with van der Waals surface area (Å²) in [5, 5.41) is 3.36. The molecule has 1 amide bonds. The molecule has 3 heterocycles. The Morgan fingerprint density at radius 3 is 2.55 bits per heavy atom. The Hall–Kier alpha value is -3.22. The van der Waals surface area contributed by atoms with E-state index in [0.717, 1.165) is 24.5 Å². The first-order valence-corrected chi connectivity index (χ1v) is 10.1. The maximum atomic E-state index is 12.5. The third kappa shape index (κ3) is 4.62. The molecule has 1 aromatic carbocycles. The summed E-state index contributed by atoms with van der Waals surface area (Å²) >= 11 is 0. The molecule has 3 aromatic rings. The second-order valence-electron chi connectivity index (χ2n) is 7.40. The van der Waals surface area contributed by atoms with Crippen LogP contribution in [0.3, 0.4) is 0 Å². The molecule has 0 aliphatic carbocycles. The van der Waals surface area contributed by atoms with E-state index in [1.54, 1.807) is 18.2 Å². The van der Waals surface area contributed by atoms with Crippen molar-refractivity contribution in [2.24, 2.45) is 0 Å². The molecule has 2 aromatic heterocycles. The Morgan fingerprint density at radius 2 is 1.79 bits per heavy atom. The van der Waals surface area contributed by atoms with Gasteiger partial charge in [0.05, 0.1) is 17.2 Å². The minimum Gasteiger partial charge on any atom is -0.357 e. The highest BCUT2D eigenvalue weighted by molar-refractivity contribution is 5.78. The number of amides is 1. The van der Waals surface area contributed by atoms with E-state index in [0.29, 0.717) is 17.4 Å². The van der Waals surface area contributed by atoms with Gasteiger partial charge in [0.25, 0.3) is 5.56 Å². The molecule has 1 fully saturated rings. The average Bonchev–Trinajstić information content (AvgIpc) is 3.04. The summed E-state index contributed by atoms with van der Waals surface area (Å²) in [6.45, 7) is 2.42. The SMILES string of the molecule is O=C(Cn1cnc2ccccc2c1=O)NCc1ccc(N2CCCCCC2)nc1. The lowest BCUT2D eigenvalue weighted by Crippen LogP contribution is -2.32. The van der Waals surface area contributed by atoms with Crippen LogP contribution in [0, 0.1) is 0 Å². The fraction of sp³-hybridized carbons (Fsp3) is 0.364. The largest absolute Gasteiger partial charge is 0.357 e. The molecule has 0 saturated carbocycles. The zero-order valence-corrected chi connectivity index (χ0v) is 16.4. The fourth-order valence-corrected chi connectivity index (χ4v) is 3.64. The maximum absolute atomic E-state index is 12.5. The third-order valence-electron chi connectivity index (χ3n) is 5.27. The molecule has 0 bridgehead atoms. The molecule has 1 saturated heterocycles. The van der Waals surface area contributed by atoms with E-state index in [-0.39, 0.29) is 18.0 Å². The number of carbonyl (C=O) groups is 1. The van der Waals surface area contributed by atoms with Crippen LogP contribution in [0.1, 0.15) is 31.2 Å². The first-order valence-electron chi connectivity index (χ1n) is 10.1. The topological polar surface area (TPSA) is 80.1 Å². The second kappa shape index (κ2) is 8.86. The van der Waals surface area contributed by atoms with E-state index in [4.69, 9.17) is 0 Å². The number of fused-ring (bicyclic) bond motifs is 1. The van der Waals surface area contributed by atoms with Crippen molar-refractivity contribution < 1.29 is 4.79 Å². The van der Waals surface area contributed by atoms with Gasteiger partial charge in [0, 0.05) is 25.8 Å². The molecule has 7 nitrogen and oxygen atoms in total. The fourth-order valence-electron chi connectivity index (χ4n) is 3.64. The van der Waals surface area contributed by atoms with Crippen molar-refractivity contribution in [2.45, 2.75) is 38.8 Å².